The number of aromatic nitrogens is 1. The van der Waals surface area contributed by atoms with Gasteiger partial charge in [-0.25, -0.2) is 0 Å². The van der Waals surface area contributed by atoms with Gasteiger partial charge in [-0.15, -0.1) is 0 Å². The Kier molecular flexibility index (Phi) is 5.89. The third kappa shape index (κ3) is 3.61. The first-order valence-corrected chi connectivity index (χ1v) is 7.63. The fourth-order valence-corrected chi connectivity index (χ4v) is 2.47. The van der Waals surface area contributed by atoms with Crippen LogP contribution in [0.4, 0.5) is 0 Å². The Hall–Kier alpha value is -1.74. The monoisotopic (exact) mass is 326 g/mol. The van der Waals surface area contributed by atoms with Crippen LogP contribution in [-0.2, 0) is 4.74 Å². The van der Waals surface area contributed by atoms with Crippen LogP contribution in [0.25, 0.3) is 0 Å². The average molecular weight is 326 g/mol. The Morgan fingerprint density at radius 3 is 2.74 bits per heavy atom. The lowest BCUT2D eigenvalue weighted by molar-refractivity contribution is -0.0544. The van der Waals surface area contributed by atoms with Gasteiger partial charge in [0.2, 0.25) is 0 Å². The third-order valence-corrected chi connectivity index (χ3v) is 3.83. The summed E-state index contributed by atoms with van der Waals surface area (Å²) in [7, 11) is 0. The van der Waals surface area contributed by atoms with E-state index in [2.05, 4.69) is 5.32 Å². The summed E-state index contributed by atoms with van der Waals surface area (Å²) in [6, 6.07) is 2.88. The lowest BCUT2D eigenvalue weighted by atomic mass is 10.1. The normalized spacial score (nSPS) is 27.1. The smallest absolute Gasteiger partial charge is 0.265 e. The highest BCUT2D eigenvalue weighted by Crippen LogP contribution is 2.28. The molecule has 128 valence electrons. The van der Waals surface area contributed by atoms with Gasteiger partial charge in [-0.2, -0.15) is 0 Å². The predicted molar refractivity (Wildman–Crippen MR) is 81.0 cm³/mol. The molecule has 0 unspecified atom stereocenters. The number of ether oxygens (including phenoxy) is 1. The summed E-state index contributed by atoms with van der Waals surface area (Å²) in [5.41, 5.74) is -0.697. The first kappa shape index (κ1) is 17.6. The first-order valence-electron chi connectivity index (χ1n) is 7.63. The van der Waals surface area contributed by atoms with Crippen molar-refractivity contribution in [2.75, 3.05) is 13.2 Å². The molecular weight excluding hydrogens is 304 g/mol. The quantitative estimate of drug-likeness (QED) is 0.497. The Balaban J connectivity index is 2.23. The molecule has 0 spiro atoms. The van der Waals surface area contributed by atoms with Crippen molar-refractivity contribution in [3.63, 3.8) is 0 Å². The Labute approximate surface area is 133 Å². The van der Waals surface area contributed by atoms with Gasteiger partial charge >= 0.3 is 0 Å². The number of aliphatic hydroxyl groups is 3. The number of nitrogens with zero attached hydrogens (tertiary/aromatic N) is 1. The lowest BCUT2D eigenvalue weighted by Gasteiger charge is -2.18. The highest BCUT2D eigenvalue weighted by atomic mass is 16.6. The number of pyridine rings is 1. The van der Waals surface area contributed by atoms with Crippen LogP contribution in [-0.4, -0.2) is 57.3 Å². The zero-order valence-electron chi connectivity index (χ0n) is 12.9. The maximum atomic E-state index is 12.4. The zero-order valence-corrected chi connectivity index (χ0v) is 12.9. The summed E-state index contributed by atoms with van der Waals surface area (Å²) in [6.45, 7) is 1.97. The summed E-state index contributed by atoms with van der Waals surface area (Å²) in [5.74, 6) is -0.496. The molecule has 1 amide bonds. The molecule has 1 saturated heterocycles. The van der Waals surface area contributed by atoms with Crippen molar-refractivity contribution in [2.45, 2.75) is 44.3 Å². The Morgan fingerprint density at radius 2 is 2.13 bits per heavy atom. The molecule has 23 heavy (non-hydrogen) atoms. The summed E-state index contributed by atoms with van der Waals surface area (Å²) in [4.78, 5) is 24.5. The molecule has 0 bridgehead atoms. The summed E-state index contributed by atoms with van der Waals surface area (Å²) >= 11 is 0. The topological polar surface area (TPSA) is 121 Å². The molecule has 8 heteroatoms. The fourth-order valence-electron chi connectivity index (χ4n) is 2.47. The van der Waals surface area contributed by atoms with E-state index in [9.17, 15) is 19.8 Å². The van der Waals surface area contributed by atoms with E-state index in [1.165, 1.54) is 18.3 Å². The molecule has 1 aliphatic heterocycles. The van der Waals surface area contributed by atoms with Gasteiger partial charge in [0.05, 0.1) is 6.61 Å². The second kappa shape index (κ2) is 7.69. The van der Waals surface area contributed by atoms with Crippen molar-refractivity contribution in [1.29, 1.82) is 0 Å². The molecule has 2 rings (SSSR count). The van der Waals surface area contributed by atoms with Gasteiger partial charge in [0.15, 0.2) is 6.23 Å². The van der Waals surface area contributed by atoms with Crippen LogP contribution in [0.5, 0.6) is 0 Å². The van der Waals surface area contributed by atoms with Crippen LogP contribution in [0, 0.1) is 0 Å². The van der Waals surface area contributed by atoms with Gasteiger partial charge in [0.25, 0.3) is 11.5 Å². The standard InChI is InChI=1S/C15H22N2O6/c1-2-3-6-16-13(21)9-5-4-7-17(14(9)22)15-12(20)11(19)10(8-18)23-15/h4-5,7,10-12,15,18-20H,2-3,6,8H2,1H3,(H,16,21)/t10-,11-,12-,15-/m1/s1. The van der Waals surface area contributed by atoms with E-state index >= 15 is 0 Å². The average Bonchev–Trinajstić information content (AvgIpc) is 2.83. The van der Waals surface area contributed by atoms with Crippen molar-refractivity contribution in [3.8, 4) is 0 Å². The number of rotatable bonds is 6. The van der Waals surface area contributed by atoms with E-state index in [4.69, 9.17) is 9.84 Å². The maximum Gasteiger partial charge on any atom is 0.265 e. The Bertz CT molecular complexity index is 602. The van der Waals surface area contributed by atoms with E-state index in [-0.39, 0.29) is 5.56 Å². The van der Waals surface area contributed by atoms with Crippen LogP contribution in [0.1, 0.15) is 36.4 Å². The molecule has 4 N–H and O–H groups in total. The second-order valence-corrected chi connectivity index (χ2v) is 5.47. The summed E-state index contributed by atoms with van der Waals surface area (Å²) in [6.07, 6.45) is -1.72. The number of nitrogens with one attached hydrogen (secondary N) is 1. The molecule has 1 aromatic rings. The van der Waals surface area contributed by atoms with Crippen LogP contribution in [0.2, 0.25) is 0 Å². The molecule has 0 aromatic carbocycles. The number of hydrogen-bond donors (Lipinski definition) is 4. The van der Waals surface area contributed by atoms with E-state index in [1.807, 2.05) is 6.92 Å². The first-order chi connectivity index (χ1) is 11.0. The van der Waals surface area contributed by atoms with E-state index < -0.39 is 42.6 Å². The molecule has 8 nitrogen and oxygen atoms in total. The predicted octanol–water partition coefficient (Wildman–Crippen LogP) is -1.01. The highest BCUT2D eigenvalue weighted by Gasteiger charge is 2.43. The minimum Gasteiger partial charge on any atom is -0.394 e. The summed E-state index contributed by atoms with van der Waals surface area (Å²) < 4.78 is 6.37. The maximum absolute atomic E-state index is 12.4. The minimum atomic E-state index is -1.37. The van der Waals surface area contributed by atoms with E-state index in [1.54, 1.807) is 0 Å². The van der Waals surface area contributed by atoms with Gasteiger partial charge < -0.3 is 25.4 Å². The number of unbranched alkanes of at least 4 members (excludes halogenated alkanes) is 1. The molecule has 1 fully saturated rings. The molecular formula is C15H22N2O6. The van der Waals surface area contributed by atoms with Crippen molar-refractivity contribution in [3.05, 3.63) is 34.2 Å². The van der Waals surface area contributed by atoms with Gasteiger partial charge in [0.1, 0.15) is 23.9 Å². The number of carbonyl (C=O) groups excluding carboxylic acids is 1. The SMILES string of the molecule is CCCCNC(=O)c1cccn([C@@H]2O[C@H](CO)[C@@H](O)[C@H]2O)c1=O. The lowest BCUT2D eigenvalue weighted by Crippen LogP contribution is -2.38. The van der Waals surface area contributed by atoms with Gasteiger partial charge in [0, 0.05) is 12.7 Å². The van der Waals surface area contributed by atoms with Crippen molar-refractivity contribution < 1.29 is 24.9 Å². The third-order valence-electron chi connectivity index (χ3n) is 3.83. The highest BCUT2D eigenvalue weighted by molar-refractivity contribution is 5.93. The zero-order chi connectivity index (χ0) is 17.0. The Morgan fingerprint density at radius 1 is 1.39 bits per heavy atom. The number of aliphatic hydroxyl groups excluding tert-OH is 3. The van der Waals surface area contributed by atoms with Crippen LogP contribution < -0.4 is 10.9 Å². The van der Waals surface area contributed by atoms with Crippen molar-refractivity contribution in [2.24, 2.45) is 0 Å². The van der Waals surface area contributed by atoms with Gasteiger partial charge in [-0.05, 0) is 18.6 Å². The van der Waals surface area contributed by atoms with Gasteiger partial charge in [-0.3, -0.25) is 14.2 Å². The number of carbonyl (C=O) groups is 1. The summed E-state index contributed by atoms with van der Waals surface area (Å²) in [5, 5.41) is 31.5. The molecule has 4 atom stereocenters. The number of hydrogen-bond acceptors (Lipinski definition) is 6. The largest absolute Gasteiger partial charge is 0.394 e. The molecule has 0 aliphatic carbocycles. The molecule has 1 aliphatic rings. The molecule has 2 heterocycles. The fraction of sp³-hybridized carbons (Fsp3) is 0.600. The molecule has 0 radical (unpaired) electrons. The van der Waals surface area contributed by atoms with Crippen LogP contribution >= 0.6 is 0 Å². The number of amides is 1. The van der Waals surface area contributed by atoms with Crippen molar-refractivity contribution >= 4 is 5.91 Å². The minimum absolute atomic E-state index is 0.0682. The van der Waals surface area contributed by atoms with E-state index in [0.29, 0.717) is 6.54 Å². The second-order valence-electron chi connectivity index (χ2n) is 5.47. The van der Waals surface area contributed by atoms with Crippen LogP contribution in [0.15, 0.2) is 23.1 Å². The molecule has 0 saturated carbocycles. The van der Waals surface area contributed by atoms with Crippen LogP contribution in [0.3, 0.4) is 0 Å². The van der Waals surface area contributed by atoms with Crippen molar-refractivity contribution in [1.82, 2.24) is 9.88 Å². The van der Waals surface area contributed by atoms with Gasteiger partial charge in [-0.1, -0.05) is 13.3 Å². The van der Waals surface area contributed by atoms with E-state index in [0.717, 1.165) is 17.4 Å². The molecule has 1 aromatic heterocycles.